The Balaban J connectivity index is 1.58. The van der Waals surface area contributed by atoms with Gasteiger partial charge in [-0.15, -0.1) is 0 Å². The second kappa shape index (κ2) is 10.8. The molecule has 7 nitrogen and oxygen atoms in total. The van der Waals surface area contributed by atoms with Crippen molar-refractivity contribution in [1.82, 2.24) is 9.88 Å². The number of aromatic nitrogens is 1. The van der Waals surface area contributed by atoms with E-state index in [9.17, 15) is 4.79 Å². The van der Waals surface area contributed by atoms with Gasteiger partial charge in [-0.25, -0.2) is 4.98 Å². The highest BCUT2D eigenvalue weighted by Crippen LogP contribution is 2.21. The van der Waals surface area contributed by atoms with Crippen LogP contribution < -0.4 is 15.0 Å². The number of hydrogen-bond donors (Lipinski definition) is 1. The minimum absolute atomic E-state index is 0.171. The average Bonchev–Trinajstić information content (AvgIpc) is 2.78. The third-order valence-electron chi connectivity index (χ3n) is 5.02. The Morgan fingerprint density at radius 3 is 2.59 bits per heavy atom. The zero-order valence-corrected chi connectivity index (χ0v) is 17.3. The van der Waals surface area contributed by atoms with Gasteiger partial charge < -0.3 is 24.6 Å². The summed E-state index contributed by atoms with van der Waals surface area (Å²) in [5, 5.41) is 2.96. The molecule has 1 aromatic carbocycles. The maximum Gasteiger partial charge on any atom is 0.259 e. The van der Waals surface area contributed by atoms with Gasteiger partial charge in [-0.3, -0.25) is 4.79 Å². The molecule has 7 heteroatoms. The number of ether oxygens (including phenoxy) is 2. The molecule has 0 aliphatic carbocycles. The number of hydrogen-bond acceptors (Lipinski definition) is 6. The van der Waals surface area contributed by atoms with Crippen molar-refractivity contribution in [1.29, 1.82) is 0 Å². The average molecular weight is 399 g/mol. The fourth-order valence-electron chi connectivity index (χ4n) is 3.27. The van der Waals surface area contributed by atoms with Crippen LogP contribution in [0.25, 0.3) is 0 Å². The molecule has 2 aromatic rings. The van der Waals surface area contributed by atoms with E-state index in [1.165, 1.54) is 0 Å². The fraction of sp³-hybridized carbons (Fsp3) is 0.455. The lowest BCUT2D eigenvalue weighted by Crippen LogP contribution is -2.38. The first kappa shape index (κ1) is 21.1. The van der Waals surface area contributed by atoms with Crippen LogP contribution in [0.15, 0.2) is 42.6 Å². The van der Waals surface area contributed by atoms with E-state index in [0.717, 1.165) is 44.2 Å². The van der Waals surface area contributed by atoms with Gasteiger partial charge in [0, 0.05) is 31.5 Å². The molecule has 1 fully saturated rings. The predicted octanol–water partition coefficient (Wildman–Crippen LogP) is 2.89. The monoisotopic (exact) mass is 398 g/mol. The Morgan fingerprint density at radius 1 is 1.17 bits per heavy atom. The molecule has 1 aliphatic rings. The van der Waals surface area contributed by atoms with Crippen LogP contribution in [0.3, 0.4) is 0 Å². The molecule has 1 aliphatic heterocycles. The molecule has 0 spiro atoms. The molecule has 0 unspecified atom stereocenters. The second-order valence-electron chi connectivity index (χ2n) is 6.83. The van der Waals surface area contributed by atoms with Crippen LogP contribution >= 0.6 is 0 Å². The highest BCUT2D eigenvalue weighted by Gasteiger charge is 2.20. The molecular formula is C22H30N4O3. The van der Waals surface area contributed by atoms with Crippen LogP contribution in [0, 0.1) is 0 Å². The summed E-state index contributed by atoms with van der Waals surface area (Å²) in [6.07, 6.45) is 1.71. The van der Waals surface area contributed by atoms with Crippen molar-refractivity contribution < 1.29 is 14.3 Å². The third-order valence-corrected chi connectivity index (χ3v) is 5.02. The summed E-state index contributed by atoms with van der Waals surface area (Å²) < 4.78 is 11.2. The van der Waals surface area contributed by atoms with Crippen molar-refractivity contribution in [2.24, 2.45) is 0 Å². The molecule has 2 heterocycles. The SMILES string of the molecule is CCN(CC)CCOc1ccc(NC(=O)c2cccnc2N2CCOCC2)cc1. The summed E-state index contributed by atoms with van der Waals surface area (Å²) in [7, 11) is 0. The van der Waals surface area contributed by atoms with E-state index < -0.39 is 0 Å². The highest BCUT2D eigenvalue weighted by atomic mass is 16.5. The van der Waals surface area contributed by atoms with E-state index in [-0.39, 0.29) is 5.91 Å². The van der Waals surface area contributed by atoms with Gasteiger partial charge in [0.1, 0.15) is 18.2 Å². The number of morpholine rings is 1. The van der Waals surface area contributed by atoms with Crippen molar-refractivity contribution in [2.75, 3.05) is 62.8 Å². The Bertz CT molecular complexity index is 772. The van der Waals surface area contributed by atoms with Crippen LogP contribution in [0.4, 0.5) is 11.5 Å². The van der Waals surface area contributed by atoms with Crippen LogP contribution in [0.5, 0.6) is 5.75 Å². The number of nitrogens with one attached hydrogen (secondary N) is 1. The van der Waals surface area contributed by atoms with Crippen LogP contribution in [-0.2, 0) is 4.74 Å². The van der Waals surface area contributed by atoms with Gasteiger partial charge in [0.2, 0.25) is 0 Å². The van der Waals surface area contributed by atoms with E-state index in [1.807, 2.05) is 24.3 Å². The maximum absolute atomic E-state index is 12.8. The van der Waals surface area contributed by atoms with Crippen LogP contribution in [0.2, 0.25) is 0 Å². The van der Waals surface area contributed by atoms with Gasteiger partial charge in [0.25, 0.3) is 5.91 Å². The third kappa shape index (κ3) is 5.92. The molecule has 3 rings (SSSR count). The fourth-order valence-corrected chi connectivity index (χ4v) is 3.27. The van der Waals surface area contributed by atoms with Gasteiger partial charge in [0.05, 0.1) is 18.8 Å². The summed E-state index contributed by atoms with van der Waals surface area (Å²) >= 11 is 0. The van der Waals surface area contributed by atoms with E-state index in [4.69, 9.17) is 9.47 Å². The zero-order chi connectivity index (χ0) is 20.5. The molecule has 1 N–H and O–H groups in total. The molecule has 1 aromatic heterocycles. The molecule has 1 saturated heterocycles. The van der Waals surface area contributed by atoms with Gasteiger partial charge in [-0.1, -0.05) is 13.8 Å². The first-order valence-corrected chi connectivity index (χ1v) is 10.3. The zero-order valence-electron chi connectivity index (χ0n) is 17.3. The predicted molar refractivity (Wildman–Crippen MR) is 115 cm³/mol. The van der Waals surface area contributed by atoms with Gasteiger partial charge in [-0.2, -0.15) is 0 Å². The summed E-state index contributed by atoms with van der Waals surface area (Å²) in [5.41, 5.74) is 1.29. The minimum Gasteiger partial charge on any atom is -0.492 e. The van der Waals surface area contributed by atoms with Gasteiger partial charge in [-0.05, 0) is 49.5 Å². The highest BCUT2D eigenvalue weighted by molar-refractivity contribution is 6.07. The van der Waals surface area contributed by atoms with E-state index in [1.54, 1.807) is 18.3 Å². The summed E-state index contributed by atoms with van der Waals surface area (Å²) in [5.74, 6) is 1.32. The van der Waals surface area contributed by atoms with Crippen LogP contribution in [-0.4, -0.2) is 68.3 Å². The molecule has 0 saturated carbocycles. The smallest absolute Gasteiger partial charge is 0.259 e. The van der Waals surface area contributed by atoms with Crippen molar-refractivity contribution >= 4 is 17.4 Å². The Morgan fingerprint density at radius 2 is 1.90 bits per heavy atom. The lowest BCUT2D eigenvalue weighted by atomic mass is 10.2. The summed E-state index contributed by atoms with van der Waals surface area (Å²) in [6, 6.07) is 11.1. The maximum atomic E-state index is 12.8. The molecule has 29 heavy (non-hydrogen) atoms. The summed E-state index contributed by atoms with van der Waals surface area (Å²) in [4.78, 5) is 21.7. The minimum atomic E-state index is -0.171. The summed E-state index contributed by atoms with van der Waals surface area (Å²) in [6.45, 7) is 10.6. The standard InChI is InChI=1S/C22H30N4O3/c1-3-25(4-2)12-17-29-19-9-7-18(8-10-19)24-22(27)20-6-5-11-23-21(20)26-13-15-28-16-14-26/h5-11H,3-4,12-17H2,1-2H3,(H,24,27). The number of rotatable bonds is 9. The van der Waals surface area contributed by atoms with Crippen LogP contribution in [0.1, 0.15) is 24.2 Å². The van der Waals surface area contributed by atoms with E-state index in [2.05, 4.69) is 33.9 Å². The Labute approximate surface area is 172 Å². The van der Waals surface area contributed by atoms with Crippen molar-refractivity contribution in [3.63, 3.8) is 0 Å². The normalized spacial score (nSPS) is 14.1. The number of pyridine rings is 1. The van der Waals surface area contributed by atoms with Crippen molar-refractivity contribution in [3.8, 4) is 5.75 Å². The van der Waals surface area contributed by atoms with Gasteiger partial charge in [0.15, 0.2) is 0 Å². The lowest BCUT2D eigenvalue weighted by molar-refractivity contribution is 0.102. The largest absolute Gasteiger partial charge is 0.492 e. The van der Waals surface area contributed by atoms with E-state index in [0.29, 0.717) is 31.2 Å². The number of likely N-dealkylation sites (N-methyl/N-ethyl adjacent to an activating group) is 1. The first-order chi connectivity index (χ1) is 14.2. The molecule has 0 bridgehead atoms. The molecular weight excluding hydrogens is 368 g/mol. The van der Waals surface area contributed by atoms with Crippen molar-refractivity contribution in [3.05, 3.63) is 48.2 Å². The molecule has 0 radical (unpaired) electrons. The number of anilines is 2. The molecule has 1 amide bonds. The van der Waals surface area contributed by atoms with E-state index >= 15 is 0 Å². The first-order valence-electron chi connectivity index (χ1n) is 10.3. The Hall–Kier alpha value is -2.64. The number of amides is 1. The topological polar surface area (TPSA) is 66.9 Å². The molecule has 156 valence electrons. The number of carbonyl (C=O) groups excluding carboxylic acids is 1. The number of carbonyl (C=O) groups is 1. The number of benzene rings is 1. The lowest BCUT2D eigenvalue weighted by Gasteiger charge is -2.29. The quantitative estimate of drug-likeness (QED) is 0.701. The van der Waals surface area contributed by atoms with Crippen molar-refractivity contribution in [2.45, 2.75) is 13.8 Å². The second-order valence-corrected chi connectivity index (χ2v) is 6.83. The number of nitrogens with zero attached hydrogens (tertiary/aromatic N) is 3. The van der Waals surface area contributed by atoms with Gasteiger partial charge >= 0.3 is 0 Å². The molecule has 0 atom stereocenters. The Kier molecular flexibility index (Phi) is 7.84.